The van der Waals surface area contributed by atoms with Crippen LogP contribution in [0.4, 0.5) is 0 Å². The Morgan fingerprint density at radius 1 is 1.71 bits per heavy atom. The van der Waals surface area contributed by atoms with E-state index in [0.29, 0.717) is 6.61 Å². The Kier molecular flexibility index (Phi) is 12.3. The molecule has 0 fully saturated rings. The van der Waals surface area contributed by atoms with Gasteiger partial charge in [0.25, 0.3) is 0 Å². The van der Waals surface area contributed by atoms with E-state index in [9.17, 15) is 5.11 Å². The van der Waals surface area contributed by atoms with E-state index in [-0.39, 0.29) is 51.4 Å². The van der Waals surface area contributed by atoms with Crippen molar-refractivity contribution in [2.24, 2.45) is 0 Å². The molecule has 0 aliphatic rings. The average molecular weight is 128 g/mol. The molecule has 0 aromatic heterocycles. The molecule has 0 heterocycles. The molecule has 1 atom stereocenters. The molecular formula is C4H9KO2. The molecule has 3 heteroatoms. The van der Waals surface area contributed by atoms with Crippen LogP contribution in [0, 0.1) is 0 Å². The summed E-state index contributed by atoms with van der Waals surface area (Å²) in [5, 5.41) is 10.0. The van der Waals surface area contributed by atoms with Crippen molar-refractivity contribution in [2.75, 3.05) is 13.7 Å². The van der Waals surface area contributed by atoms with Crippen LogP contribution in [0.5, 0.6) is 0 Å². The fourth-order valence-corrected chi connectivity index (χ4v) is 0.235. The molecular weight excluding hydrogens is 119 g/mol. The van der Waals surface area contributed by atoms with E-state index in [1.54, 1.807) is 6.92 Å². The van der Waals surface area contributed by atoms with Gasteiger partial charge in [-0.25, -0.2) is 0 Å². The van der Waals surface area contributed by atoms with Crippen LogP contribution in [0.2, 0.25) is 0 Å². The van der Waals surface area contributed by atoms with Crippen molar-refractivity contribution in [3.05, 3.63) is 0 Å². The normalized spacial score (nSPS) is 12.4. The van der Waals surface area contributed by atoms with E-state index >= 15 is 0 Å². The zero-order valence-electron chi connectivity index (χ0n) is 5.10. The smallest absolute Gasteiger partial charge is 0.851 e. The predicted octanol–water partition coefficient (Wildman–Crippen LogP) is -3.61. The van der Waals surface area contributed by atoms with Crippen molar-refractivity contribution in [3.63, 3.8) is 0 Å². The van der Waals surface area contributed by atoms with Crippen LogP contribution in [0.15, 0.2) is 0 Å². The Morgan fingerprint density at radius 3 is 2.14 bits per heavy atom. The van der Waals surface area contributed by atoms with Crippen molar-refractivity contribution >= 4 is 0 Å². The molecule has 0 saturated carbocycles. The van der Waals surface area contributed by atoms with Crippen molar-refractivity contribution in [2.45, 2.75) is 13.0 Å². The van der Waals surface area contributed by atoms with Gasteiger partial charge in [-0.2, -0.15) is 0 Å². The van der Waals surface area contributed by atoms with Crippen molar-refractivity contribution < 1.29 is 61.2 Å². The fourth-order valence-electron chi connectivity index (χ4n) is 0.235. The first-order chi connectivity index (χ1) is 2.77. The molecule has 38 valence electrons. The Hall–Kier alpha value is 1.56. The largest absolute Gasteiger partial charge is 1.00 e. The van der Waals surface area contributed by atoms with Crippen LogP contribution in [-0.2, 0) is 4.74 Å². The SMILES string of the molecule is COCC(C)[O-].[K+]. The van der Waals surface area contributed by atoms with Gasteiger partial charge in [-0.3, -0.25) is 0 Å². The van der Waals surface area contributed by atoms with Gasteiger partial charge in [0, 0.05) is 13.7 Å². The second kappa shape index (κ2) is 7.56. The predicted molar refractivity (Wildman–Crippen MR) is 21.3 cm³/mol. The summed E-state index contributed by atoms with van der Waals surface area (Å²) in [5.74, 6) is 0. The molecule has 0 bridgehead atoms. The summed E-state index contributed by atoms with van der Waals surface area (Å²) in [4.78, 5) is 0. The van der Waals surface area contributed by atoms with E-state index in [4.69, 9.17) is 0 Å². The molecule has 0 aliphatic carbocycles. The van der Waals surface area contributed by atoms with Crippen LogP contribution in [-0.4, -0.2) is 19.8 Å². The average Bonchev–Trinajstić information content (AvgIpc) is 1.35. The van der Waals surface area contributed by atoms with E-state index in [1.807, 2.05) is 0 Å². The van der Waals surface area contributed by atoms with Crippen LogP contribution in [0.3, 0.4) is 0 Å². The summed E-state index contributed by atoms with van der Waals surface area (Å²) in [6.45, 7) is 1.89. The Labute approximate surface area is 86.7 Å². The number of hydrogen-bond acceptors (Lipinski definition) is 2. The van der Waals surface area contributed by atoms with Crippen LogP contribution in [0.25, 0.3) is 0 Å². The van der Waals surface area contributed by atoms with Gasteiger partial charge < -0.3 is 9.84 Å². The first-order valence-corrected chi connectivity index (χ1v) is 1.92. The van der Waals surface area contributed by atoms with Gasteiger partial charge in [0.15, 0.2) is 0 Å². The minimum absolute atomic E-state index is 0. The van der Waals surface area contributed by atoms with Gasteiger partial charge in [-0.05, 0) is 0 Å². The molecule has 0 aromatic carbocycles. The third kappa shape index (κ3) is 11.2. The fraction of sp³-hybridized carbons (Fsp3) is 1.00. The molecule has 1 unspecified atom stereocenters. The minimum atomic E-state index is -0.574. The maximum atomic E-state index is 10.0. The molecule has 2 nitrogen and oxygen atoms in total. The second-order valence-electron chi connectivity index (χ2n) is 1.27. The maximum Gasteiger partial charge on any atom is 1.00 e. The molecule has 7 heavy (non-hydrogen) atoms. The maximum absolute atomic E-state index is 10.0. The summed E-state index contributed by atoms with van der Waals surface area (Å²) >= 11 is 0. The topological polar surface area (TPSA) is 32.3 Å². The Morgan fingerprint density at radius 2 is 2.14 bits per heavy atom. The number of ether oxygens (including phenoxy) is 1. The zero-order valence-corrected chi connectivity index (χ0v) is 8.22. The van der Waals surface area contributed by atoms with Crippen LogP contribution >= 0.6 is 0 Å². The molecule has 0 aromatic rings. The van der Waals surface area contributed by atoms with Crippen LogP contribution < -0.4 is 56.5 Å². The zero-order chi connectivity index (χ0) is 4.99. The van der Waals surface area contributed by atoms with Crippen molar-refractivity contribution in [3.8, 4) is 0 Å². The molecule has 0 radical (unpaired) electrons. The third-order valence-corrected chi connectivity index (χ3v) is 0.401. The van der Waals surface area contributed by atoms with Gasteiger partial charge >= 0.3 is 51.4 Å². The molecule has 0 amide bonds. The number of hydrogen-bond donors (Lipinski definition) is 0. The summed E-state index contributed by atoms with van der Waals surface area (Å²) in [6.07, 6.45) is -0.574. The second-order valence-corrected chi connectivity index (χ2v) is 1.27. The molecule has 0 saturated heterocycles. The van der Waals surface area contributed by atoms with Gasteiger partial charge in [0.1, 0.15) is 0 Å². The quantitative estimate of drug-likeness (QED) is 0.360. The summed E-state index contributed by atoms with van der Waals surface area (Å²) in [5.41, 5.74) is 0. The summed E-state index contributed by atoms with van der Waals surface area (Å²) < 4.78 is 4.49. The monoisotopic (exact) mass is 128 g/mol. The first-order valence-electron chi connectivity index (χ1n) is 1.92. The standard InChI is InChI=1S/C4H9O2.K/c1-4(5)3-6-2;/h4H,3H2,1-2H3;/q-1;+1. The molecule has 0 N–H and O–H groups in total. The van der Waals surface area contributed by atoms with Gasteiger partial charge in [-0.15, -0.1) is 6.10 Å². The van der Waals surface area contributed by atoms with E-state index in [0.717, 1.165) is 0 Å². The number of rotatable bonds is 2. The summed E-state index contributed by atoms with van der Waals surface area (Å²) in [6, 6.07) is 0. The molecule has 0 rings (SSSR count). The van der Waals surface area contributed by atoms with E-state index < -0.39 is 6.10 Å². The van der Waals surface area contributed by atoms with Gasteiger partial charge in [-0.1, -0.05) is 6.92 Å². The third-order valence-electron chi connectivity index (χ3n) is 0.401. The van der Waals surface area contributed by atoms with Crippen LogP contribution in [0.1, 0.15) is 6.92 Å². The Bertz CT molecular complexity index is 30.9. The van der Waals surface area contributed by atoms with Crippen molar-refractivity contribution in [1.29, 1.82) is 0 Å². The number of methoxy groups -OCH3 is 1. The first kappa shape index (κ1) is 11.4. The van der Waals surface area contributed by atoms with Gasteiger partial charge in [0.05, 0.1) is 0 Å². The molecule has 0 spiro atoms. The Balaban J connectivity index is 0. The van der Waals surface area contributed by atoms with Crippen molar-refractivity contribution in [1.82, 2.24) is 0 Å². The van der Waals surface area contributed by atoms with Gasteiger partial charge in [0.2, 0.25) is 0 Å². The minimum Gasteiger partial charge on any atom is -0.851 e. The van der Waals surface area contributed by atoms with E-state index in [1.165, 1.54) is 7.11 Å². The van der Waals surface area contributed by atoms with E-state index in [2.05, 4.69) is 4.74 Å². The molecule has 0 aliphatic heterocycles. The summed E-state index contributed by atoms with van der Waals surface area (Å²) in [7, 11) is 1.52.